The van der Waals surface area contributed by atoms with Crippen molar-refractivity contribution in [3.05, 3.63) is 65.6 Å². The molecule has 0 spiro atoms. The molecule has 34 heavy (non-hydrogen) atoms. The molecule has 6 nitrogen and oxygen atoms in total. The first-order chi connectivity index (χ1) is 16.2. The quantitative estimate of drug-likeness (QED) is 0.515. The number of ether oxygens (including phenoxy) is 1. The number of hydrogen-bond donors (Lipinski definition) is 2. The fourth-order valence-corrected chi connectivity index (χ4v) is 4.32. The molecule has 2 N–H and O–H groups in total. The third-order valence-corrected chi connectivity index (χ3v) is 5.99. The summed E-state index contributed by atoms with van der Waals surface area (Å²) in [7, 11) is 0. The number of nitrogens with zero attached hydrogens (tertiary/aromatic N) is 2. The number of carbonyl (C=O) groups excluding carboxylic acids is 1. The van der Waals surface area contributed by atoms with Gasteiger partial charge in [0.1, 0.15) is 5.75 Å². The highest BCUT2D eigenvalue weighted by Gasteiger charge is 2.33. The van der Waals surface area contributed by atoms with Crippen LogP contribution in [0.3, 0.4) is 0 Å². The smallest absolute Gasteiger partial charge is 0.405 e. The number of hydrogen-bond acceptors (Lipinski definition) is 4. The Morgan fingerprint density at radius 2 is 1.91 bits per heavy atom. The lowest BCUT2D eigenvalue weighted by molar-refractivity contribution is -0.274. The van der Waals surface area contributed by atoms with Gasteiger partial charge in [0.2, 0.25) is 0 Å². The molecule has 0 bridgehead atoms. The first-order valence-corrected chi connectivity index (χ1v) is 11.2. The van der Waals surface area contributed by atoms with Gasteiger partial charge < -0.3 is 19.9 Å². The molecule has 0 aliphatic carbocycles. The summed E-state index contributed by atoms with van der Waals surface area (Å²) in [6.07, 6.45) is -1.15. The highest BCUT2D eigenvalue weighted by molar-refractivity contribution is 6.01. The number of piperidine rings is 1. The normalized spacial score (nSPS) is 14.8. The van der Waals surface area contributed by atoms with Crippen molar-refractivity contribution in [1.29, 1.82) is 0 Å². The maximum absolute atomic E-state index is 13.0. The van der Waals surface area contributed by atoms with E-state index in [0.29, 0.717) is 29.4 Å². The summed E-state index contributed by atoms with van der Waals surface area (Å²) in [5.41, 5.74) is 3.58. The molecule has 0 atom stereocenters. The monoisotopic (exact) mass is 472 g/mol. The molecule has 0 radical (unpaired) electrons. The van der Waals surface area contributed by atoms with Crippen molar-refractivity contribution >= 4 is 11.6 Å². The molecule has 1 aliphatic rings. The molecule has 1 saturated heterocycles. The number of alkyl halides is 3. The molecule has 9 heteroatoms. The van der Waals surface area contributed by atoms with E-state index < -0.39 is 6.36 Å². The SMILES string of the molecule is Cc1cc(N2CCC(CNC(=O)c3cc(C)[nH]c3-c3ccccc3OC(F)(F)F)CC2)ccn1. The predicted molar refractivity (Wildman–Crippen MR) is 124 cm³/mol. The number of aryl methyl sites for hydroxylation is 2. The Balaban J connectivity index is 1.41. The number of para-hydroxylation sites is 1. The summed E-state index contributed by atoms with van der Waals surface area (Å²) in [4.78, 5) is 22.6. The molecule has 1 fully saturated rings. The van der Waals surface area contributed by atoms with Crippen molar-refractivity contribution in [1.82, 2.24) is 15.3 Å². The number of carbonyl (C=O) groups is 1. The lowest BCUT2D eigenvalue weighted by Gasteiger charge is -2.33. The Morgan fingerprint density at radius 1 is 1.18 bits per heavy atom. The van der Waals surface area contributed by atoms with Crippen LogP contribution < -0.4 is 15.0 Å². The molecule has 1 aliphatic heterocycles. The van der Waals surface area contributed by atoms with Crippen LogP contribution in [0.2, 0.25) is 0 Å². The third kappa shape index (κ3) is 5.70. The first kappa shape index (κ1) is 23.7. The van der Waals surface area contributed by atoms with E-state index in [2.05, 4.69) is 31.0 Å². The van der Waals surface area contributed by atoms with Gasteiger partial charge in [-0.1, -0.05) is 12.1 Å². The van der Waals surface area contributed by atoms with Gasteiger partial charge in [-0.2, -0.15) is 0 Å². The summed E-state index contributed by atoms with van der Waals surface area (Å²) in [5, 5.41) is 2.97. The van der Waals surface area contributed by atoms with E-state index in [1.54, 1.807) is 19.1 Å². The van der Waals surface area contributed by atoms with Crippen molar-refractivity contribution in [3.63, 3.8) is 0 Å². The Morgan fingerprint density at radius 3 is 2.62 bits per heavy atom. The number of benzene rings is 1. The van der Waals surface area contributed by atoms with E-state index in [1.165, 1.54) is 18.2 Å². The predicted octanol–water partition coefficient (Wildman–Crippen LogP) is 5.24. The average molecular weight is 473 g/mol. The number of pyridine rings is 1. The number of halogens is 3. The maximum Gasteiger partial charge on any atom is 0.573 e. The summed E-state index contributed by atoms with van der Waals surface area (Å²) >= 11 is 0. The molecular weight excluding hydrogens is 445 g/mol. The van der Waals surface area contributed by atoms with Gasteiger partial charge >= 0.3 is 6.36 Å². The van der Waals surface area contributed by atoms with E-state index in [0.717, 1.165) is 37.3 Å². The maximum atomic E-state index is 13.0. The van der Waals surface area contributed by atoms with E-state index in [1.807, 2.05) is 19.2 Å². The molecule has 3 aromatic rings. The van der Waals surface area contributed by atoms with Crippen LogP contribution in [0.1, 0.15) is 34.6 Å². The van der Waals surface area contributed by atoms with Crippen LogP contribution in [-0.2, 0) is 0 Å². The first-order valence-electron chi connectivity index (χ1n) is 11.2. The highest BCUT2D eigenvalue weighted by atomic mass is 19.4. The molecule has 2 aromatic heterocycles. The fourth-order valence-electron chi connectivity index (χ4n) is 4.32. The molecule has 4 rings (SSSR count). The van der Waals surface area contributed by atoms with Gasteiger partial charge in [-0.15, -0.1) is 13.2 Å². The standard InChI is InChI=1S/C25H27F3N4O2/c1-16-13-19(7-10-29-16)32-11-8-18(9-12-32)15-30-24(33)21-14-17(2)31-23(21)20-5-3-4-6-22(20)34-25(26,27)28/h3-7,10,13-14,18,31H,8-9,11-12,15H2,1-2H3,(H,30,33). The largest absolute Gasteiger partial charge is 0.573 e. The van der Waals surface area contributed by atoms with Crippen LogP contribution in [-0.4, -0.2) is 41.9 Å². The van der Waals surface area contributed by atoms with E-state index in [9.17, 15) is 18.0 Å². The molecule has 1 aromatic carbocycles. The lowest BCUT2D eigenvalue weighted by atomic mass is 9.96. The molecule has 180 valence electrons. The van der Waals surface area contributed by atoms with Crippen molar-refractivity contribution in [3.8, 4) is 17.0 Å². The summed E-state index contributed by atoms with van der Waals surface area (Å²) in [6.45, 7) is 6.01. The van der Waals surface area contributed by atoms with Crippen molar-refractivity contribution in [2.75, 3.05) is 24.5 Å². The zero-order valence-electron chi connectivity index (χ0n) is 19.1. The van der Waals surface area contributed by atoms with Gasteiger partial charge in [0.15, 0.2) is 0 Å². The second-order valence-corrected chi connectivity index (χ2v) is 8.58. The van der Waals surface area contributed by atoms with Crippen molar-refractivity contribution in [2.45, 2.75) is 33.1 Å². The van der Waals surface area contributed by atoms with Gasteiger partial charge in [0, 0.05) is 48.5 Å². The fraction of sp³-hybridized carbons (Fsp3) is 0.360. The van der Waals surface area contributed by atoms with Gasteiger partial charge in [-0.05, 0) is 62.9 Å². The molecular formula is C25H27F3N4O2. The van der Waals surface area contributed by atoms with Crippen molar-refractivity contribution < 1.29 is 22.7 Å². The molecule has 3 heterocycles. The molecule has 1 amide bonds. The van der Waals surface area contributed by atoms with Crippen LogP contribution in [0.25, 0.3) is 11.3 Å². The van der Waals surface area contributed by atoms with E-state index >= 15 is 0 Å². The number of aromatic amines is 1. The van der Waals surface area contributed by atoms with Gasteiger partial charge in [0.25, 0.3) is 5.91 Å². The number of H-pyrrole nitrogens is 1. The molecule has 0 unspecified atom stereocenters. The number of amides is 1. The Hall–Kier alpha value is -3.49. The summed E-state index contributed by atoms with van der Waals surface area (Å²) in [6, 6.07) is 11.5. The highest BCUT2D eigenvalue weighted by Crippen LogP contribution is 2.35. The number of aromatic nitrogens is 2. The molecule has 0 saturated carbocycles. The van der Waals surface area contributed by atoms with Crippen molar-refractivity contribution in [2.24, 2.45) is 5.92 Å². The minimum absolute atomic E-state index is 0.180. The lowest BCUT2D eigenvalue weighted by Crippen LogP contribution is -2.38. The van der Waals surface area contributed by atoms with E-state index in [4.69, 9.17) is 0 Å². The summed E-state index contributed by atoms with van der Waals surface area (Å²) in [5.74, 6) is -0.356. The minimum atomic E-state index is -4.83. The Kier molecular flexibility index (Phi) is 6.81. The minimum Gasteiger partial charge on any atom is -0.405 e. The number of rotatable bonds is 6. The Bertz CT molecular complexity index is 1150. The third-order valence-electron chi connectivity index (χ3n) is 5.99. The number of anilines is 1. The van der Waals surface area contributed by atoms with E-state index in [-0.39, 0.29) is 17.2 Å². The van der Waals surface area contributed by atoms with Gasteiger partial charge in [-0.25, -0.2) is 0 Å². The van der Waals surface area contributed by atoms with Crippen LogP contribution in [0.15, 0.2) is 48.7 Å². The Labute approximate surface area is 196 Å². The topological polar surface area (TPSA) is 70.2 Å². The van der Waals surface area contributed by atoms with Crippen LogP contribution >= 0.6 is 0 Å². The van der Waals surface area contributed by atoms with Crippen LogP contribution in [0.4, 0.5) is 18.9 Å². The zero-order chi connectivity index (χ0) is 24.3. The van der Waals surface area contributed by atoms with Crippen LogP contribution in [0, 0.1) is 19.8 Å². The van der Waals surface area contributed by atoms with Gasteiger partial charge in [-0.3, -0.25) is 9.78 Å². The summed E-state index contributed by atoms with van der Waals surface area (Å²) < 4.78 is 42.8. The second-order valence-electron chi connectivity index (χ2n) is 8.58. The van der Waals surface area contributed by atoms with Gasteiger partial charge in [0.05, 0.1) is 11.3 Å². The average Bonchev–Trinajstić information content (AvgIpc) is 3.18. The zero-order valence-corrected chi connectivity index (χ0v) is 19.1. The van der Waals surface area contributed by atoms with Crippen LogP contribution in [0.5, 0.6) is 5.75 Å². The second kappa shape index (κ2) is 9.79. The number of nitrogens with one attached hydrogen (secondary N) is 2.